The molecule has 76 valence electrons. The number of aromatic nitrogens is 2. The third-order valence-electron chi connectivity index (χ3n) is 2.81. The maximum Gasteiger partial charge on any atom is 0.125 e. The van der Waals surface area contributed by atoms with Crippen molar-refractivity contribution >= 4 is 0 Å². The van der Waals surface area contributed by atoms with E-state index in [0.717, 1.165) is 18.9 Å². The topological polar surface area (TPSA) is 37.8 Å². The molecule has 1 N–H and O–H groups in total. The van der Waals surface area contributed by atoms with Crippen LogP contribution in [0, 0.1) is 13.8 Å². The SMILES string of the molecule is Cc1ncc(C)c(C2CCCNC2)n1. The molecule has 2 rings (SSSR count). The van der Waals surface area contributed by atoms with Crippen molar-refractivity contribution in [3.8, 4) is 0 Å². The monoisotopic (exact) mass is 191 g/mol. The van der Waals surface area contributed by atoms with Gasteiger partial charge in [0.1, 0.15) is 5.82 Å². The zero-order valence-electron chi connectivity index (χ0n) is 8.88. The van der Waals surface area contributed by atoms with Crippen LogP contribution < -0.4 is 5.32 Å². The Labute approximate surface area is 85.0 Å². The Hall–Kier alpha value is -0.960. The number of rotatable bonds is 1. The summed E-state index contributed by atoms with van der Waals surface area (Å²) in [4.78, 5) is 8.75. The van der Waals surface area contributed by atoms with Gasteiger partial charge in [-0.25, -0.2) is 9.97 Å². The van der Waals surface area contributed by atoms with Gasteiger partial charge < -0.3 is 5.32 Å². The van der Waals surface area contributed by atoms with Gasteiger partial charge in [0.15, 0.2) is 0 Å². The molecule has 0 spiro atoms. The molecule has 1 saturated heterocycles. The molecule has 0 radical (unpaired) electrons. The molecular formula is C11H17N3. The van der Waals surface area contributed by atoms with E-state index in [1.54, 1.807) is 0 Å². The van der Waals surface area contributed by atoms with Crippen LogP contribution in [-0.2, 0) is 0 Å². The van der Waals surface area contributed by atoms with Crippen molar-refractivity contribution in [1.29, 1.82) is 0 Å². The summed E-state index contributed by atoms with van der Waals surface area (Å²) in [5, 5.41) is 3.42. The maximum absolute atomic E-state index is 4.55. The zero-order valence-corrected chi connectivity index (χ0v) is 8.88. The average Bonchev–Trinajstić information content (AvgIpc) is 2.23. The predicted molar refractivity (Wildman–Crippen MR) is 56.4 cm³/mol. The van der Waals surface area contributed by atoms with Gasteiger partial charge in [-0.2, -0.15) is 0 Å². The summed E-state index contributed by atoms with van der Waals surface area (Å²) >= 11 is 0. The van der Waals surface area contributed by atoms with Crippen LogP contribution in [0.4, 0.5) is 0 Å². The molecule has 1 atom stereocenters. The van der Waals surface area contributed by atoms with E-state index in [1.807, 2.05) is 13.1 Å². The van der Waals surface area contributed by atoms with E-state index in [4.69, 9.17) is 0 Å². The van der Waals surface area contributed by atoms with Crippen molar-refractivity contribution < 1.29 is 0 Å². The lowest BCUT2D eigenvalue weighted by atomic mass is 9.93. The van der Waals surface area contributed by atoms with Crippen molar-refractivity contribution in [2.24, 2.45) is 0 Å². The van der Waals surface area contributed by atoms with E-state index in [-0.39, 0.29) is 0 Å². The molecule has 1 aromatic rings. The molecule has 2 heterocycles. The quantitative estimate of drug-likeness (QED) is 0.732. The Morgan fingerprint density at radius 3 is 3.00 bits per heavy atom. The molecule has 0 amide bonds. The fourth-order valence-electron chi connectivity index (χ4n) is 2.05. The van der Waals surface area contributed by atoms with Gasteiger partial charge in [0, 0.05) is 18.7 Å². The van der Waals surface area contributed by atoms with Crippen molar-refractivity contribution in [2.45, 2.75) is 32.6 Å². The highest BCUT2D eigenvalue weighted by atomic mass is 14.9. The van der Waals surface area contributed by atoms with Gasteiger partial charge in [0.2, 0.25) is 0 Å². The molecule has 0 aromatic carbocycles. The lowest BCUT2D eigenvalue weighted by molar-refractivity contribution is 0.452. The number of nitrogens with zero attached hydrogens (tertiary/aromatic N) is 2. The lowest BCUT2D eigenvalue weighted by Crippen LogP contribution is -2.29. The smallest absolute Gasteiger partial charge is 0.125 e. The molecule has 1 fully saturated rings. The van der Waals surface area contributed by atoms with Crippen molar-refractivity contribution in [3.05, 3.63) is 23.3 Å². The molecule has 1 unspecified atom stereocenters. The van der Waals surface area contributed by atoms with Crippen LogP contribution in [-0.4, -0.2) is 23.1 Å². The number of nitrogens with one attached hydrogen (secondary N) is 1. The van der Waals surface area contributed by atoms with Gasteiger partial charge in [0.25, 0.3) is 0 Å². The van der Waals surface area contributed by atoms with E-state index in [1.165, 1.54) is 24.1 Å². The minimum atomic E-state index is 0.588. The Bertz CT molecular complexity index is 316. The Morgan fingerprint density at radius 1 is 1.43 bits per heavy atom. The molecular weight excluding hydrogens is 174 g/mol. The van der Waals surface area contributed by atoms with Gasteiger partial charge in [0.05, 0.1) is 5.69 Å². The summed E-state index contributed by atoms with van der Waals surface area (Å²) in [6, 6.07) is 0. The molecule has 3 heteroatoms. The minimum Gasteiger partial charge on any atom is -0.316 e. The van der Waals surface area contributed by atoms with Crippen LogP contribution in [0.2, 0.25) is 0 Å². The second-order valence-corrected chi connectivity index (χ2v) is 4.03. The average molecular weight is 191 g/mol. The van der Waals surface area contributed by atoms with Crippen molar-refractivity contribution in [1.82, 2.24) is 15.3 Å². The Balaban J connectivity index is 2.24. The lowest BCUT2D eigenvalue weighted by Gasteiger charge is -2.23. The van der Waals surface area contributed by atoms with Crippen LogP contribution >= 0.6 is 0 Å². The van der Waals surface area contributed by atoms with Crippen LogP contribution in [0.25, 0.3) is 0 Å². The Kier molecular flexibility index (Phi) is 2.77. The number of piperidine rings is 1. The maximum atomic E-state index is 4.55. The third-order valence-corrected chi connectivity index (χ3v) is 2.81. The van der Waals surface area contributed by atoms with E-state index in [2.05, 4.69) is 22.2 Å². The van der Waals surface area contributed by atoms with Gasteiger partial charge >= 0.3 is 0 Å². The van der Waals surface area contributed by atoms with Crippen LogP contribution in [0.3, 0.4) is 0 Å². The molecule has 0 bridgehead atoms. The standard InChI is InChI=1S/C11H17N3/c1-8-6-13-9(2)14-11(8)10-4-3-5-12-7-10/h6,10,12H,3-5,7H2,1-2H3. The van der Waals surface area contributed by atoms with E-state index in [0.29, 0.717) is 5.92 Å². The largest absolute Gasteiger partial charge is 0.316 e. The van der Waals surface area contributed by atoms with Gasteiger partial charge in [-0.05, 0) is 38.8 Å². The zero-order chi connectivity index (χ0) is 9.97. The summed E-state index contributed by atoms with van der Waals surface area (Å²) < 4.78 is 0. The molecule has 1 aromatic heterocycles. The number of hydrogen-bond donors (Lipinski definition) is 1. The first kappa shape index (κ1) is 9.59. The minimum absolute atomic E-state index is 0.588. The highest BCUT2D eigenvalue weighted by Crippen LogP contribution is 2.23. The first-order valence-electron chi connectivity index (χ1n) is 5.28. The molecule has 0 saturated carbocycles. The van der Waals surface area contributed by atoms with Gasteiger partial charge in [-0.15, -0.1) is 0 Å². The molecule has 1 aliphatic heterocycles. The molecule has 1 aliphatic rings. The van der Waals surface area contributed by atoms with Crippen LogP contribution in [0.15, 0.2) is 6.20 Å². The highest BCUT2D eigenvalue weighted by Gasteiger charge is 2.18. The second kappa shape index (κ2) is 4.05. The predicted octanol–water partition coefficient (Wildman–Crippen LogP) is 1.56. The summed E-state index contributed by atoms with van der Waals surface area (Å²) in [7, 11) is 0. The van der Waals surface area contributed by atoms with Crippen LogP contribution in [0.1, 0.15) is 35.8 Å². The van der Waals surface area contributed by atoms with Gasteiger partial charge in [-0.1, -0.05) is 0 Å². The summed E-state index contributed by atoms with van der Waals surface area (Å²) in [6.07, 6.45) is 4.45. The van der Waals surface area contributed by atoms with Crippen LogP contribution in [0.5, 0.6) is 0 Å². The van der Waals surface area contributed by atoms with Crippen molar-refractivity contribution in [3.63, 3.8) is 0 Å². The molecule has 3 nitrogen and oxygen atoms in total. The van der Waals surface area contributed by atoms with E-state index in [9.17, 15) is 0 Å². The normalized spacial score (nSPS) is 22.3. The summed E-state index contributed by atoms with van der Waals surface area (Å²) in [6.45, 7) is 6.28. The molecule has 14 heavy (non-hydrogen) atoms. The summed E-state index contributed by atoms with van der Waals surface area (Å²) in [5.74, 6) is 1.47. The third kappa shape index (κ3) is 1.93. The van der Waals surface area contributed by atoms with E-state index < -0.39 is 0 Å². The highest BCUT2D eigenvalue weighted by molar-refractivity contribution is 5.20. The van der Waals surface area contributed by atoms with E-state index >= 15 is 0 Å². The number of aryl methyl sites for hydroxylation is 2. The van der Waals surface area contributed by atoms with Crippen molar-refractivity contribution in [2.75, 3.05) is 13.1 Å². The van der Waals surface area contributed by atoms with Gasteiger partial charge in [-0.3, -0.25) is 0 Å². The first-order chi connectivity index (χ1) is 6.77. The Morgan fingerprint density at radius 2 is 2.29 bits per heavy atom. The summed E-state index contributed by atoms with van der Waals surface area (Å²) in [5.41, 5.74) is 2.47. The fourth-order valence-corrected chi connectivity index (χ4v) is 2.05. The molecule has 0 aliphatic carbocycles. The second-order valence-electron chi connectivity index (χ2n) is 4.03. The first-order valence-corrected chi connectivity index (χ1v) is 5.28. The fraction of sp³-hybridized carbons (Fsp3) is 0.636. The number of hydrogen-bond acceptors (Lipinski definition) is 3.